The van der Waals surface area contributed by atoms with Crippen LogP contribution < -0.4 is 0 Å². The van der Waals surface area contributed by atoms with Gasteiger partial charge in [0.2, 0.25) is 5.82 Å². The van der Waals surface area contributed by atoms with Crippen LogP contribution in [0.15, 0.2) is 47.0 Å². The van der Waals surface area contributed by atoms with Gasteiger partial charge in [-0.2, -0.15) is 4.98 Å². The molecule has 0 bridgehead atoms. The summed E-state index contributed by atoms with van der Waals surface area (Å²) in [5.74, 6) is 0.270. The molecule has 0 radical (unpaired) electrons. The summed E-state index contributed by atoms with van der Waals surface area (Å²) >= 11 is 5.72. The lowest BCUT2D eigenvalue weighted by Crippen LogP contribution is -1.83. The summed E-state index contributed by atoms with van der Waals surface area (Å²) in [5.41, 5.74) is 1.24. The van der Waals surface area contributed by atoms with E-state index in [2.05, 4.69) is 10.1 Å². The quantitative estimate of drug-likeness (QED) is 0.777. The Labute approximate surface area is 118 Å². The molecule has 0 fully saturated rings. The first-order valence-electron chi connectivity index (χ1n) is 5.72. The van der Waals surface area contributed by atoms with Crippen molar-refractivity contribution in [3.05, 3.63) is 53.3 Å². The highest BCUT2D eigenvalue weighted by atomic mass is 35.5. The molecule has 0 atom stereocenters. The molecule has 6 heteroatoms. The predicted molar refractivity (Wildman–Crippen MR) is 71.8 cm³/mol. The monoisotopic (exact) mass is 290 g/mol. The van der Waals surface area contributed by atoms with Crippen molar-refractivity contribution in [1.29, 1.82) is 0 Å². The van der Waals surface area contributed by atoms with Crippen molar-refractivity contribution < 1.29 is 14.0 Å². The Hall–Kier alpha value is -2.40. The summed E-state index contributed by atoms with van der Waals surface area (Å²) in [6, 6.07) is 10.6. The number of aromatic nitrogens is 2. The molecule has 1 N–H and O–H groups in total. The Bertz CT molecular complexity index is 756. The van der Waals surface area contributed by atoms with Gasteiger partial charge in [-0.05, 0) is 42.5 Å². The highest BCUT2D eigenvalue weighted by molar-refractivity contribution is 6.31. The van der Waals surface area contributed by atoms with Crippen molar-refractivity contribution in [2.24, 2.45) is 0 Å². The van der Waals surface area contributed by atoms with Gasteiger partial charge < -0.3 is 9.63 Å². The maximum Gasteiger partial charge on any atom is 0.258 e. The molecule has 1 aromatic heterocycles. The van der Waals surface area contributed by atoms with Crippen molar-refractivity contribution in [2.45, 2.75) is 0 Å². The van der Waals surface area contributed by atoms with Crippen LogP contribution in [-0.4, -0.2) is 15.2 Å². The molecule has 3 rings (SSSR count). The number of nitrogens with zero attached hydrogens (tertiary/aromatic N) is 2. The molecule has 0 aliphatic carbocycles. The van der Waals surface area contributed by atoms with Gasteiger partial charge in [0.1, 0.15) is 11.6 Å². The summed E-state index contributed by atoms with van der Waals surface area (Å²) in [5, 5.41) is 13.1. The minimum Gasteiger partial charge on any atom is -0.508 e. The Morgan fingerprint density at radius 2 is 1.75 bits per heavy atom. The first kappa shape index (κ1) is 12.6. The van der Waals surface area contributed by atoms with Gasteiger partial charge in [0.15, 0.2) is 0 Å². The van der Waals surface area contributed by atoms with Crippen molar-refractivity contribution in [3.8, 4) is 28.6 Å². The van der Waals surface area contributed by atoms with E-state index >= 15 is 0 Å². The van der Waals surface area contributed by atoms with E-state index in [1.165, 1.54) is 30.3 Å². The molecule has 0 aliphatic heterocycles. The molecule has 0 saturated heterocycles. The number of halogens is 2. The van der Waals surface area contributed by atoms with Gasteiger partial charge in [0, 0.05) is 11.1 Å². The summed E-state index contributed by atoms with van der Waals surface area (Å²) in [7, 11) is 0. The molecule has 0 unspecified atom stereocenters. The molecule has 0 spiro atoms. The second-order valence-corrected chi connectivity index (χ2v) is 4.51. The third kappa shape index (κ3) is 2.35. The molecule has 1 heterocycles. The summed E-state index contributed by atoms with van der Waals surface area (Å²) in [6.07, 6.45) is 0. The van der Waals surface area contributed by atoms with Gasteiger partial charge in [0.05, 0.1) is 5.02 Å². The fraction of sp³-hybridized carbons (Fsp3) is 0. The molecule has 0 saturated carbocycles. The summed E-state index contributed by atoms with van der Waals surface area (Å²) in [6.45, 7) is 0. The Morgan fingerprint density at radius 3 is 2.45 bits per heavy atom. The van der Waals surface area contributed by atoms with Crippen molar-refractivity contribution in [2.75, 3.05) is 0 Å². The first-order chi connectivity index (χ1) is 9.63. The Balaban J connectivity index is 1.97. The molecule has 20 heavy (non-hydrogen) atoms. The van der Waals surface area contributed by atoms with E-state index in [9.17, 15) is 9.50 Å². The number of phenols is 1. The summed E-state index contributed by atoms with van der Waals surface area (Å²) < 4.78 is 18.2. The van der Waals surface area contributed by atoms with E-state index < -0.39 is 5.82 Å². The van der Waals surface area contributed by atoms with Crippen LogP contribution in [0, 0.1) is 5.82 Å². The van der Waals surface area contributed by atoms with Gasteiger partial charge in [-0.3, -0.25) is 0 Å². The van der Waals surface area contributed by atoms with E-state index in [1.807, 2.05) is 0 Å². The van der Waals surface area contributed by atoms with Crippen LogP contribution in [0.25, 0.3) is 22.8 Å². The molecule has 3 aromatic rings. The zero-order chi connectivity index (χ0) is 14.1. The van der Waals surface area contributed by atoms with Crippen LogP contribution in [0.2, 0.25) is 5.02 Å². The Morgan fingerprint density at radius 1 is 1.05 bits per heavy atom. The molecule has 2 aromatic carbocycles. The van der Waals surface area contributed by atoms with Crippen molar-refractivity contribution >= 4 is 11.6 Å². The zero-order valence-corrected chi connectivity index (χ0v) is 10.8. The maximum atomic E-state index is 13.1. The number of benzene rings is 2. The number of hydrogen-bond acceptors (Lipinski definition) is 4. The third-order valence-corrected chi connectivity index (χ3v) is 3.01. The number of rotatable bonds is 2. The Kier molecular flexibility index (Phi) is 3.12. The summed E-state index contributed by atoms with van der Waals surface area (Å²) in [4.78, 5) is 4.21. The second-order valence-electron chi connectivity index (χ2n) is 4.10. The minimum atomic E-state index is -0.502. The van der Waals surface area contributed by atoms with Crippen molar-refractivity contribution in [1.82, 2.24) is 10.1 Å². The van der Waals surface area contributed by atoms with Crippen molar-refractivity contribution in [3.63, 3.8) is 0 Å². The number of hydrogen-bond donors (Lipinski definition) is 1. The van der Waals surface area contributed by atoms with Crippen LogP contribution in [0.1, 0.15) is 0 Å². The molecule has 0 aliphatic rings. The lowest BCUT2D eigenvalue weighted by atomic mass is 10.2. The highest BCUT2D eigenvalue weighted by Crippen LogP contribution is 2.26. The van der Waals surface area contributed by atoms with Crippen LogP contribution in [0.3, 0.4) is 0 Å². The van der Waals surface area contributed by atoms with E-state index in [0.29, 0.717) is 22.8 Å². The smallest absolute Gasteiger partial charge is 0.258 e. The fourth-order valence-electron chi connectivity index (χ4n) is 1.70. The van der Waals surface area contributed by atoms with Crippen LogP contribution in [-0.2, 0) is 0 Å². The second kappa shape index (κ2) is 4.94. The van der Waals surface area contributed by atoms with E-state index in [0.717, 1.165) is 0 Å². The standard InChI is InChI=1S/C14H8ClFN2O2/c15-11-7-9(3-6-12(11)16)13-17-14(20-18-13)8-1-4-10(19)5-2-8/h1-7,19H. The fourth-order valence-corrected chi connectivity index (χ4v) is 1.88. The first-order valence-corrected chi connectivity index (χ1v) is 6.10. The van der Waals surface area contributed by atoms with E-state index in [1.54, 1.807) is 12.1 Å². The lowest BCUT2D eigenvalue weighted by molar-refractivity contribution is 0.432. The number of phenolic OH excluding ortho intramolecular Hbond substituents is 1. The van der Waals surface area contributed by atoms with Crippen LogP contribution in [0.4, 0.5) is 4.39 Å². The predicted octanol–water partition coefficient (Wildman–Crippen LogP) is 3.90. The van der Waals surface area contributed by atoms with Gasteiger partial charge in [0.25, 0.3) is 5.89 Å². The van der Waals surface area contributed by atoms with Gasteiger partial charge in [-0.1, -0.05) is 16.8 Å². The topological polar surface area (TPSA) is 59.2 Å². The van der Waals surface area contributed by atoms with E-state index in [-0.39, 0.29) is 10.8 Å². The maximum absolute atomic E-state index is 13.1. The van der Waals surface area contributed by atoms with Crippen LogP contribution in [0.5, 0.6) is 5.75 Å². The highest BCUT2D eigenvalue weighted by Gasteiger charge is 2.12. The minimum absolute atomic E-state index is 0.00140. The van der Waals surface area contributed by atoms with Crippen LogP contribution >= 0.6 is 11.6 Å². The molecule has 0 amide bonds. The average Bonchev–Trinajstić information content (AvgIpc) is 2.92. The molecular formula is C14H8ClFN2O2. The normalized spacial score (nSPS) is 10.7. The SMILES string of the molecule is Oc1ccc(-c2nc(-c3ccc(F)c(Cl)c3)no2)cc1. The van der Waals surface area contributed by atoms with Gasteiger partial charge in [-0.25, -0.2) is 4.39 Å². The number of aromatic hydroxyl groups is 1. The largest absolute Gasteiger partial charge is 0.508 e. The zero-order valence-electron chi connectivity index (χ0n) is 10.0. The molecule has 4 nitrogen and oxygen atoms in total. The molecule has 100 valence electrons. The van der Waals surface area contributed by atoms with Gasteiger partial charge >= 0.3 is 0 Å². The van der Waals surface area contributed by atoms with E-state index in [4.69, 9.17) is 16.1 Å². The third-order valence-electron chi connectivity index (χ3n) is 2.72. The average molecular weight is 291 g/mol. The van der Waals surface area contributed by atoms with Gasteiger partial charge in [-0.15, -0.1) is 0 Å². The lowest BCUT2D eigenvalue weighted by Gasteiger charge is -1.96. The molecular weight excluding hydrogens is 283 g/mol.